The van der Waals surface area contributed by atoms with Crippen LogP contribution in [0.25, 0.3) is 0 Å². The molecule has 0 aromatic carbocycles. The maximum absolute atomic E-state index is 8.77. The van der Waals surface area contributed by atoms with Crippen molar-refractivity contribution in [1.29, 1.82) is 0 Å². The fourth-order valence-corrected chi connectivity index (χ4v) is 1.39. The lowest BCUT2D eigenvalue weighted by molar-refractivity contribution is 0.275. The Morgan fingerprint density at radius 2 is 2.36 bits per heavy atom. The van der Waals surface area contributed by atoms with Crippen molar-refractivity contribution in [3.63, 3.8) is 0 Å². The van der Waals surface area contributed by atoms with Crippen LogP contribution in [0, 0.1) is 0 Å². The molecule has 1 N–H and O–H groups in total. The highest BCUT2D eigenvalue weighted by Crippen LogP contribution is 2.09. The van der Waals surface area contributed by atoms with Gasteiger partial charge < -0.3 is 9.84 Å². The molecule has 0 saturated carbocycles. The van der Waals surface area contributed by atoms with E-state index in [1.807, 2.05) is 17.8 Å². The smallest absolute Gasteiger partial charge is 0.137 e. The second-order valence-electron chi connectivity index (χ2n) is 2.84. The number of aromatic nitrogens is 1. The first-order valence-corrected chi connectivity index (χ1v) is 5.93. The molecule has 0 fully saturated rings. The molecule has 0 bridgehead atoms. The maximum atomic E-state index is 8.77. The van der Waals surface area contributed by atoms with Crippen molar-refractivity contribution in [3.8, 4) is 5.75 Å². The number of rotatable bonds is 6. The number of hydrogen-bond donors (Lipinski definition) is 1. The van der Waals surface area contributed by atoms with Crippen molar-refractivity contribution >= 4 is 11.8 Å². The first-order valence-electron chi connectivity index (χ1n) is 4.54. The van der Waals surface area contributed by atoms with E-state index in [1.54, 1.807) is 12.3 Å². The molecule has 3 nitrogen and oxygen atoms in total. The topological polar surface area (TPSA) is 42.4 Å². The van der Waals surface area contributed by atoms with Crippen molar-refractivity contribution in [1.82, 2.24) is 4.98 Å². The number of aliphatic hydroxyl groups is 1. The largest absolute Gasteiger partial charge is 0.492 e. The first kappa shape index (κ1) is 11.3. The van der Waals surface area contributed by atoms with Crippen molar-refractivity contribution in [3.05, 3.63) is 24.0 Å². The van der Waals surface area contributed by atoms with Gasteiger partial charge in [0.2, 0.25) is 0 Å². The summed E-state index contributed by atoms with van der Waals surface area (Å²) in [5, 5.41) is 8.77. The zero-order valence-corrected chi connectivity index (χ0v) is 9.09. The van der Waals surface area contributed by atoms with E-state index in [0.717, 1.165) is 24.5 Å². The van der Waals surface area contributed by atoms with Crippen LogP contribution in [-0.4, -0.2) is 28.7 Å². The molecule has 0 unspecified atom stereocenters. The molecule has 78 valence electrons. The fraction of sp³-hybridized carbons (Fsp3) is 0.500. The third-order valence-corrected chi connectivity index (χ3v) is 2.42. The summed E-state index contributed by atoms with van der Waals surface area (Å²) in [6.07, 6.45) is 4.77. The van der Waals surface area contributed by atoms with Crippen molar-refractivity contribution in [2.24, 2.45) is 0 Å². The number of nitrogens with zero attached hydrogens (tertiary/aromatic N) is 1. The van der Waals surface area contributed by atoms with Crippen LogP contribution < -0.4 is 4.74 Å². The maximum Gasteiger partial charge on any atom is 0.137 e. The van der Waals surface area contributed by atoms with Gasteiger partial charge in [-0.1, -0.05) is 0 Å². The van der Waals surface area contributed by atoms with Gasteiger partial charge in [-0.15, -0.1) is 0 Å². The normalized spacial score (nSPS) is 10.1. The Kier molecular flexibility index (Phi) is 5.40. The van der Waals surface area contributed by atoms with Crippen molar-refractivity contribution < 1.29 is 9.84 Å². The van der Waals surface area contributed by atoms with E-state index >= 15 is 0 Å². The summed E-state index contributed by atoms with van der Waals surface area (Å²) in [4.78, 5) is 4.02. The second-order valence-corrected chi connectivity index (χ2v) is 3.82. The third-order valence-electron chi connectivity index (χ3n) is 1.72. The lowest BCUT2D eigenvalue weighted by atomic mass is 10.3. The van der Waals surface area contributed by atoms with E-state index in [4.69, 9.17) is 9.84 Å². The quantitative estimate of drug-likeness (QED) is 0.730. The predicted octanol–water partition coefficient (Wildman–Crippen LogP) is 1.71. The SMILES string of the molecule is CSCCCOc1ccc(CO)nc1. The summed E-state index contributed by atoms with van der Waals surface area (Å²) in [6, 6.07) is 3.60. The van der Waals surface area contributed by atoms with E-state index in [0.29, 0.717) is 5.69 Å². The number of pyridine rings is 1. The molecule has 0 aliphatic heterocycles. The van der Waals surface area contributed by atoms with Crippen LogP contribution in [0.5, 0.6) is 5.75 Å². The zero-order chi connectivity index (χ0) is 10.2. The molecule has 0 saturated heterocycles. The summed E-state index contributed by atoms with van der Waals surface area (Å²) >= 11 is 1.81. The van der Waals surface area contributed by atoms with Crippen LogP contribution in [0.15, 0.2) is 18.3 Å². The van der Waals surface area contributed by atoms with E-state index in [-0.39, 0.29) is 6.61 Å². The van der Waals surface area contributed by atoms with Crippen LogP contribution in [0.4, 0.5) is 0 Å². The van der Waals surface area contributed by atoms with E-state index < -0.39 is 0 Å². The highest BCUT2D eigenvalue weighted by atomic mass is 32.2. The zero-order valence-electron chi connectivity index (χ0n) is 8.27. The Balaban J connectivity index is 2.29. The Labute approximate surface area is 88.5 Å². The average molecular weight is 213 g/mol. The van der Waals surface area contributed by atoms with Crippen LogP contribution in [0.3, 0.4) is 0 Å². The minimum Gasteiger partial charge on any atom is -0.492 e. The molecule has 0 radical (unpaired) electrons. The summed E-state index contributed by atoms with van der Waals surface area (Å²) < 4.78 is 5.45. The van der Waals surface area contributed by atoms with Crippen LogP contribution in [-0.2, 0) is 6.61 Å². The number of ether oxygens (including phenoxy) is 1. The number of thioether (sulfide) groups is 1. The van der Waals surface area contributed by atoms with Gasteiger partial charge in [-0.25, -0.2) is 0 Å². The van der Waals surface area contributed by atoms with Gasteiger partial charge >= 0.3 is 0 Å². The molecular weight excluding hydrogens is 198 g/mol. The van der Waals surface area contributed by atoms with Crippen molar-refractivity contribution in [2.75, 3.05) is 18.6 Å². The Hall–Kier alpha value is -0.740. The average Bonchev–Trinajstić information content (AvgIpc) is 2.25. The van der Waals surface area contributed by atoms with Gasteiger partial charge in [-0.2, -0.15) is 11.8 Å². The number of hydrogen-bond acceptors (Lipinski definition) is 4. The highest BCUT2D eigenvalue weighted by molar-refractivity contribution is 7.98. The molecule has 1 aromatic rings. The Morgan fingerprint density at radius 3 is 2.93 bits per heavy atom. The van der Waals surface area contributed by atoms with Gasteiger partial charge in [0.25, 0.3) is 0 Å². The van der Waals surface area contributed by atoms with Crippen molar-refractivity contribution in [2.45, 2.75) is 13.0 Å². The van der Waals surface area contributed by atoms with E-state index in [9.17, 15) is 0 Å². The van der Waals surface area contributed by atoms with Gasteiger partial charge in [-0.05, 0) is 30.6 Å². The Bertz CT molecular complexity index is 251. The Morgan fingerprint density at radius 1 is 1.50 bits per heavy atom. The molecule has 4 heteroatoms. The molecule has 1 aromatic heterocycles. The monoisotopic (exact) mass is 213 g/mol. The minimum absolute atomic E-state index is 0.0211. The van der Waals surface area contributed by atoms with Crippen LogP contribution in [0.2, 0.25) is 0 Å². The highest BCUT2D eigenvalue weighted by Gasteiger charge is 1.95. The molecule has 0 spiro atoms. The van der Waals surface area contributed by atoms with E-state index in [2.05, 4.69) is 11.2 Å². The molecule has 0 aliphatic carbocycles. The second kappa shape index (κ2) is 6.68. The fourth-order valence-electron chi connectivity index (χ4n) is 0.983. The molecule has 1 rings (SSSR count). The molecule has 0 amide bonds. The summed E-state index contributed by atoms with van der Waals surface area (Å²) in [6.45, 7) is 0.702. The van der Waals surface area contributed by atoms with Gasteiger partial charge in [0.05, 0.1) is 25.1 Å². The number of aliphatic hydroxyl groups excluding tert-OH is 1. The van der Waals surface area contributed by atoms with E-state index in [1.165, 1.54) is 0 Å². The summed E-state index contributed by atoms with van der Waals surface area (Å²) in [5.41, 5.74) is 0.668. The lowest BCUT2D eigenvalue weighted by Crippen LogP contribution is -1.99. The van der Waals surface area contributed by atoms with Gasteiger partial charge in [0.1, 0.15) is 5.75 Å². The standard InChI is InChI=1S/C10H15NO2S/c1-14-6-2-5-13-10-4-3-9(8-12)11-7-10/h3-4,7,12H,2,5-6,8H2,1H3. The summed E-state index contributed by atoms with van der Waals surface area (Å²) in [5.74, 6) is 1.88. The lowest BCUT2D eigenvalue weighted by Gasteiger charge is -2.05. The third kappa shape index (κ3) is 3.98. The molecular formula is C10H15NO2S. The van der Waals surface area contributed by atoms with Gasteiger partial charge in [0, 0.05) is 0 Å². The molecule has 1 heterocycles. The molecule has 0 atom stereocenters. The molecule has 0 aliphatic rings. The van der Waals surface area contributed by atoms with Gasteiger partial charge in [0.15, 0.2) is 0 Å². The van der Waals surface area contributed by atoms with Gasteiger partial charge in [-0.3, -0.25) is 4.98 Å². The van der Waals surface area contributed by atoms with Crippen LogP contribution >= 0.6 is 11.8 Å². The molecule has 14 heavy (non-hydrogen) atoms. The summed E-state index contributed by atoms with van der Waals surface area (Å²) in [7, 11) is 0. The van der Waals surface area contributed by atoms with Crippen LogP contribution in [0.1, 0.15) is 12.1 Å². The minimum atomic E-state index is -0.0211. The predicted molar refractivity (Wildman–Crippen MR) is 58.7 cm³/mol. The first-order chi connectivity index (χ1) is 6.86.